The molecule has 2 amide bonds. The molecule has 2 saturated carbocycles. The molecule has 0 heterocycles. The molecule has 2 aliphatic carbocycles. The Hall–Kier alpha value is -0.730. The standard InChI is InChI=1S/C12H22N2O/c1-9(11-6-7-11)14-12(15)13-8-10-4-2-3-5-10/h9-11H,2-8H2,1H3,(H2,13,14,15)/t9-/m0/s1. The Labute approximate surface area is 92.0 Å². The van der Waals surface area contributed by atoms with Crippen LogP contribution in [0.1, 0.15) is 45.4 Å². The zero-order valence-electron chi connectivity index (χ0n) is 9.59. The first-order chi connectivity index (χ1) is 7.25. The lowest BCUT2D eigenvalue weighted by molar-refractivity contribution is 0.234. The summed E-state index contributed by atoms with van der Waals surface area (Å²) in [5, 5.41) is 6.00. The van der Waals surface area contributed by atoms with E-state index in [0.29, 0.717) is 6.04 Å². The molecule has 2 N–H and O–H groups in total. The minimum absolute atomic E-state index is 0.0290. The van der Waals surface area contributed by atoms with Gasteiger partial charge in [0.1, 0.15) is 0 Å². The molecular formula is C12H22N2O. The van der Waals surface area contributed by atoms with Crippen molar-refractivity contribution in [3.63, 3.8) is 0 Å². The van der Waals surface area contributed by atoms with E-state index < -0.39 is 0 Å². The van der Waals surface area contributed by atoms with Gasteiger partial charge in [0.25, 0.3) is 0 Å². The summed E-state index contributed by atoms with van der Waals surface area (Å²) >= 11 is 0. The van der Waals surface area contributed by atoms with Crippen LogP contribution < -0.4 is 10.6 Å². The summed E-state index contributed by atoms with van der Waals surface area (Å²) in [5.41, 5.74) is 0. The van der Waals surface area contributed by atoms with Crippen molar-refractivity contribution in [1.82, 2.24) is 10.6 Å². The molecule has 1 atom stereocenters. The highest BCUT2D eigenvalue weighted by Crippen LogP contribution is 2.32. The van der Waals surface area contributed by atoms with E-state index in [4.69, 9.17) is 0 Å². The molecule has 3 nitrogen and oxygen atoms in total. The number of hydrogen-bond donors (Lipinski definition) is 2. The van der Waals surface area contributed by atoms with Gasteiger partial charge in [0.15, 0.2) is 0 Å². The van der Waals surface area contributed by atoms with Crippen LogP contribution >= 0.6 is 0 Å². The summed E-state index contributed by atoms with van der Waals surface area (Å²) in [6.45, 7) is 2.97. The number of carbonyl (C=O) groups is 1. The summed E-state index contributed by atoms with van der Waals surface area (Å²) < 4.78 is 0. The van der Waals surface area contributed by atoms with E-state index in [1.54, 1.807) is 0 Å². The third-order valence-electron chi connectivity index (χ3n) is 3.71. The second-order valence-corrected chi connectivity index (χ2v) is 5.13. The van der Waals surface area contributed by atoms with Crippen LogP contribution in [0, 0.1) is 11.8 Å². The minimum atomic E-state index is 0.0290. The van der Waals surface area contributed by atoms with Gasteiger partial charge in [0, 0.05) is 12.6 Å². The molecule has 15 heavy (non-hydrogen) atoms. The van der Waals surface area contributed by atoms with E-state index in [2.05, 4.69) is 17.6 Å². The molecule has 0 spiro atoms. The zero-order chi connectivity index (χ0) is 10.7. The van der Waals surface area contributed by atoms with Crippen molar-refractivity contribution in [2.45, 2.75) is 51.5 Å². The van der Waals surface area contributed by atoms with Crippen LogP contribution in [0.15, 0.2) is 0 Å². The molecule has 0 aliphatic heterocycles. The maximum absolute atomic E-state index is 11.5. The van der Waals surface area contributed by atoms with E-state index in [0.717, 1.165) is 18.4 Å². The summed E-state index contributed by atoms with van der Waals surface area (Å²) in [7, 11) is 0. The molecule has 2 rings (SSSR count). The Kier molecular flexibility index (Phi) is 3.49. The van der Waals surface area contributed by atoms with Crippen molar-refractivity contribution >= 4 is 6.03 Å². The maximum Gasteiger partial charge on any atom is 0.315 e. The Morgan fingerprint density at radius 2 is 1.93 bits per heavy atom. The quantitative estimate of drug-likeness (QED) is 0.734. The molecule has 0 radical (unpaired) electrons. The molecule has 0 aromatic carbocycles. The van der Waals surface area contributed by atoms with Crippen LogP contribution in [0.25, 0.3) is 0 Å². The van der Waals surface area contributed by atoms with E-state index in [9.17, 15) is 4.79 Å². The van der Waals surface area contributed by atoms with Crippen molar-refractivity contribution < 1.29 is 4.79 Å². The van der Waals surface area contributed by atoms with Gasteiger partial charge in [0.05, 0.1) is 0 Å². The van der Waals surface area contributed by atoms with Gasteiger partial charge in [-0.2, -0.15) is 0 Å². The molecule has 0 saturated heterocycles. The number of urea groups is 1. The van der Waals surface area contributed by atoms with Gasteiger partial charge >= 0.3 is 6.03 Å². The van der Waals surface area contributed by atoms with Gasteiger partial charge in [-0.05, 0) is 44.4 Å². The molecule has 0 aromatic rings. The zero-order valence-corrected chi connectivity index (χ0v) is 9.59. The molecule has 0 aromatic heterocycles. The SMILES string of the molecule is C[C@H](NC(=O)NCC1CCCC1)C1CC1. The third kappa shape index (κ3) is 3.40. The maximum atomic E-state index is 11.5. The smallest absolute Gasteiger partial charge is 0.315 e. The second kappa shape index (κ2) is 4.86. The van der Waals surface area contributed by atoms with Gasteiger partial charge < -0.3 is 10.6 Å². The number of hydrogen-bond acceptors (Lipinski definition) is 1. The molecule has 86 valence electrons. The lowest BCUT2D eigenvalue weighted by Crippen LogP contribution is -2.43. The largest absolute Gasteiger partial charge is 0.338 e. The van der Waals surface area contributed by atoms with Crippen LogP contribution in [0.3, 0.4) is 0 Å². The fourth-order valence-electron chi connectivity index (χ4n) is 2.42. The normalized spacial score (nSPS) is 23.8. The van der Waals surface area contributed by atoms with Gasteiger partial charge in [-0.15, -0.1) is 0 Å². The topological polar surface area (TPSA) is 41.1 Å². The number of amides is 2. The van der Waals surface area contributed by atoms with E-state index in [1.165, 1.54) is 38.5 Å². The van der Waals surface area contributed by atoms with Crippen molar-refractivity contribution in [3.05, 3.63) is 0 Å². The minimum Gasteiger partial charge on any atom is -0.338 e. The Bertz CT molecular complexity index is 220. The van der Waals surface area contributed by atoms with Crippen molar-refractivity contribution in [1.29, 1.82) is 0 Å². The third-order valence-corrected chi connectivity index (χ3v) is 3.71. The number of nitrogens with one attached hydrogen (secondary N) is 2. The van der Waals surface area contributed by atoms with Crippen molar-refractivity contribution in [2.75, 3.05) is 6.54 Å². The van der Waals surface area contributed by atoms with Crippen LogP contribution in [-0.4, -0.2) is 18.6 Å². The predicted molar refractivity (Wildman–Crippen MR) is 60.7 cm³/mol. The molecule has 0 unspecified atom stereocenters. The highest BCUT2D eigenvalue weighted by molar-refractivity contribution is 5.74. The average Bonchev–Trinajstić information content (AvgIpc) is 2.93. The summed E-state index contributed by atoms with van der Waals surface area (Å²) in [5.74, 6) is 1.47. The molecule has 0 bridgehead atoms. The number of carbonyl (C=O) groups excluding carboxylic acids is 1. The van der Waals surface area contributed by atoms with Crippen LogP contribution in [0.5, 0.6) is 0 Å². The summed E-state index contributed by atoms with van der Waals surface area (Å²) in [4.78, 5) is 11.5. The average molecular weight is 210 g/mol. The fraction of sp³-hybridized carbons (Fsp3) is 0.917. The first-order valence-electron chi connectivity index (χ1n) is 6.30. The summed E-state index contributed by atoms with van der Waals surface area (Å²) in [6.07, 6.45) is 7.82. The first kappa shape index (κ1) is 10.8. The highest BCUT2D eigenvalue weighted by Gasteiger charge is 2.28. The van der Waals surface area contributed by atoms with Crippen LogP contribution in [0.2, 0.25) is 0 Å². The Morgan fingerprint density at radius 3 is 2.53 bits per heavy atom. The molecule has 2 aliphatic rings. The van der Waals surface area contributed by atoms with Crippen molar-refractivity contribution in [3.8, 4) is 0 Å². The van der Waals surface area contributed by atoms with Gasteiger partial charge in [-0.1, -0.05) is 12.8 Å². The summed E-state index contributed by atoms with van der Waals surface area (Å²) in [6, 6.07) is 0.384. The molecule has 3 heteroatoms. The van der Waals surface area contributed by atoms with Crippen LogP contribution in [-0.2, 0) is 0 Å². The fourth-order valence-corrected chi connectivity index (χ4v) is 2.42. The number of rotatable bonds is 4. The van der Waals surface area contributed by atoms with Gasteiger partial charge in [-0.25, -0.2) is 4.79 Å². The second-order valence-electron chi connectivity index (χ2n) is 5.13. The highest BCUT2D eigenvalue weighted by atomic mass is 16.2. The predicted octanol–water partition coefficient (Wildman–Crippen LogP) is 2.27. The molecule has 2 fully saturated rings. The Morgan fingerprint density at radius 1 is 1.27 bits per heavy atom. The van der Waals surface area contributed by atoms with E-state index in [-0.39, 0.29) is 6.03 Å². The monoisotopic (exact) mass is 210 g/mol. The van der Waals surface area contributed by atoms with Crippen LogP contribution in [0.4, 0.5) is 4.79 Å². The Balaban J connectivity index is 1.59. The lowest BCUT2D eigenvalue weighted by atomic mass is 10.1. The molecular weight excluding hydrogens is 188 g/mol. The van der Waals surface area contributed by atoms with E-state index >= 15 is 0 Å². The lowest BCUT2D eigenvalue weighted by Gasteiger charge is -2.15. The van der Waals surface area contributed by atoms with Gasteiger partial charge in [-0.3, -0.25) is 0 Å². The van der Waals surface area contributed by atoms with Gasteiger partial charge in [0.2, 0.25) is 0 Å². The first-order valence-corrected chi connectivity index (χ1v) is 6.30. The van der Waals surface area contributed by atoms with E-state index in [1.807, 2.05) is 0 Å². The van der Waals surface area contributed by atoms with Crippen molar-refractivity contribution in [2.24, 2.45) is 11.8 Å².